The van der Waals surface area contributed by atoms with Gasteiger partial charge in [-0.25, -0.2) is 0 Å². The van der Waals surface area contributed by atoms with Gasteiger partial charge in [0.25, 0.3) is 0 Å². The van der Waals surface area contributed by atoms with Crippen LogP contribution < -0.4 is 0 Å². The van der Waals surface area contributed by atoms with Gasteiger partial charge < -0.3 is 5.11 Å². The van der Waals surface area contributed by atoms with Crippen LogP contribution in [0.2, 0.25) is 0 Å². The Labute approximate surface area is 94.1 Å². The van der Waals surface area contributed by atoms with Crippen molar-refractivity contribution in [1.29, 1.82) is 0 Å². The molecule has 0 saturated carbocycles. The zero-order valence-corrected chi connectivity index (χ0v) is 10.5. The van der Waals surface area contributed by atoms with Crippen LogP contribution in [0.4, 0.5) is 0 Å². The smallest absolute Gasteiger partial charge is 0.135 e. The number of carbonyl (C=O) groups excluding carboxylic acids is 1. The number of carbonyl (C=O) groups is 1. The predicted molar refractivity (Wildman–Crippen MR) is 63.9 cm³/mol. The van der Waals surface area contributed by atoms with Crippen molar-refractivity contribution in [2.75, 3.05) is 0 Å². The Kier molecular flexibility index (Phi) is 7.67. The van der Waals surface area contributed by atoms with Crippen LogP contribution in [0.3, 0.4) is 0 Å². The second kappa shape index (κ2) is 7.86. The van der Waals surface area contributed by atoms with E-state index in [0.29, 0.717) is 12.8 Å². The Balaban J connectivity index is 3.72. The summed E-state index contributed by atoms with van der Waals surface area (Å²) in [6.45, 7) is 6.00. The van der Waals surface area contributed by atoms with Crippen molar-refractivity contribution in [3.05, 3.63) is 0 Å². The molecule has 0 heterocycles. The number of aliphatic hydroxyl groups is 1. The monoisotopic (exact) mass is 214 g/mol. The topological polar surface area (TPSA) is 37.3 Å². The van der Waals surface area contributed by atoms with Crippen LogP contribution in [0.5, 0.6) is 0 Å². The maximum atomic E-state index is 11.5. The van der Waals surface area contributed by atoms with Crippen molar-refractivity contribution in [1.82, 2.24) is 0 Å². The largest absolute Gasteiger partial charge is 0.390 e. The average Bonchev–Trinajstić information content (AvgIpc) is 2.14. The molecule has 2 heteroatoms. The molecule has 1 N–H and O–H groups in total. The van der Waals surface area contributed by atoms with E-state index in [2.05, 4.69) is 13.8 Å². The minimum Gasteiger partial charge on any atom is -0.390 e. The van der Waals surface area contributed by atoms with Gasteiger partial charge in [0.1, 0.15) is 5.78 Å². The van der Waals surface area contributed by atoms with Gasteiger partial charge in [0.15, 0.2) is 0 Å². The quantitative estimate of drug-likeness (QED) is 0.597. The fraction of sp³-hybridized carbons (Fsp3) is 0.923. The first-order valence-electron chi connectivity index (χ1n) is 6.26. The van der Waals surface area contributed by atoms with E-state index in [9.17, 15) is 9.90 Å². The van der Waals surface area contributed by atoms with Gasteiger partial charge in [0, 0.05) is 12.8 Å². The first kappa shape index (κ1) is 14.6. The van der Waals surface area contributed by atoms with E-state index in [1.165, 1.54) is 0 Å². The summed E-state index contributed by atoms with van der Waals surface area (Å²) in [6, 6.07) is 0. The summed E-state index contributed by atoms with van der Waals surface area (Å²) in [5.41, 5.74) is -0.778. The van der Waals surface area contributed by atoms with Crippen LogP contribution in [0.15, 0.2) is 0 Å². The molecule has 0 aromatic rings. The van der Waals surface area contributed by atoms with Crippen LogP contribution in [-0.4, -0.2) is 16.5 Å². The second-order valence-electron chi connectivity index (χ2n) is 4.77. The summed E-state index contributed by atoms with van der Waals surface area (Å²) in [7, 11) is 0. The number of Topliss-reactive ketones (excluding diaryl/α,β-unsaturated/α-hetero) is 1. The summed E-state index contributed by atoms with van der Waals surface area (Å²) in [6.07, 6.45) is 6.99. The Hall–Kier alpha value is -0.370. The Bertz CT molecular complexity index is 173. The molecule has 0 aliphatic rings. The molecule has 0 bridgehead atoms. The highest BCUT2D eigenvalue weighted by molar-refractivity contribution is 5.79. The molecule has 0 aromatic carbocycles. The van der Waals surface area contributed by atoms with Gasteiger partial charge in [-0.1, -0.05) is 39.5 Å². The van der Waals surface area contributed by atoms with Crippen LogP contribution in [0, 0.1) is 0 Å². The maximum Gasteiger partial charge on any atom is 0.135 e. The Morgan fingerprint density at radius 1 is 1.13 bits per heavy atom. The SMILES string of the molecule is CCCCCC(=O)CC(C)(O)CCCC. The van der Waals surface area contributed by atoms with Gasteiger partial charge in [0.2, 0.25) is 0 Å². The van der Waals surface area contributed by atoms with E-state index >= 15 is 0 Å². The van der Waals surface area contributed by atoms with Gasteiger partial charge >= 0.3 is 0 Å². The lowest BCUT2D eigenvalue weighted by atomic mass is 9.91. The normalized spacial score (nSPS) is 14.9. The van der Waals surface area contributed by atoms with Crippen molar-refractivity contribution in [2.24, 2.45) is 0 Å². The molecule has 0 amide bonds. The number of rotatable bonds is 9. The first-order valence-corrected chi connectivity index (χ1v) is 6.26. The molecule has 1 atom stereocenters. The highest BCUT2D eigenvalue weighted by atomic mass is 16.3. The highest BCUT2D eigenvalue weighted by Gasteiger charge is 2.22. The van der Waals surface area contributed by atoms with Crippen LogP contribution >= 0.6 is 0 Å². The third kappa shape index (κ3) is 8.61. The predicted octanol–water partition coefficient (Wildman–Crippen LogP) is 3.47. The molecule has 0 saturated heterocycles. The molecule has 0 spiro atoms. The fourth-order valence-corrected chi connectivity index (χ4v) is 1.73. The fourth-order valence-electron chi connectivity index (χ4n) is 1.73. The molecule has 1 unspecified atom stereocenters. The summed E-state index contributed by atoms with van der Waals surface area (Å²) in [5, 5.41) is 9.95. The molecule has 0 fully saturated rings. The highest BCUT2D eigenvalue weighted by Crippen LogP contribution is 2.19. The molecule has 0 aliphatic heterocycles. The summed E-state index contributed by atoms with van der Waals surface area (Å²) in [5.74, 6) is 0.213. The molecule has 0 rings (SSSR count). The lowest BCUT2D eigenvalue weighted by Crippen LogP contribution is -2.27. The zero-order valence-electron chi connectivity index (χ0n) is 10.5. The van der Waals surface area contributed by atoms with Gasteiger partial charge in [-0.15, -0.1) is 0 Å². The minimum atomic E-state index is -0.778. The Morgan fingerprint density at radius 2 is 1.73 bits per heavy atom. The van der Waals surface area contributed by atoms with E-state index in [1.807, 2.05) is 0 Å². The van der Waals surface area contributed by atoms with Crippen molar-refractivity contribution in [3.8, 4) is 0 Å². The lowest BCUT2D eigenvalue weighted by molar-refractivity contribution is -0.123. The number of hydrogen-bond acceptors (Lipinski definition) is 2. The van der Waals surface area contributed by atoms with E-state index in [4.69, 9.17) is 0 Å². The molecule has 15 heavy (non-hydrogen) atoms. The summed E-state index contributed by atoms with van der Waals surface area (Å²) in [4.78, 5) is 11.5. The number of hydrogen-bond donors (Lipinski definition) is 1. The van der Waals surface area contributed by atoms with E-state index in [1.54, 1.807) is 6.92 Å². The van der Waals surface area contributed by atoms with Crippen LogP contribution in [0.25, 0.3) is 0 Å². The average molecular weight is 214 g/mol. The van der Waals surface area contributed by atoms with Gasteiger partial charge in [-0.05, 0) is 19.8 Å². The van der Waals surface area contributed by atoms with Crippen molar-refractivity contribution < 1.29 is 9.90 Å². The zero-order chi connectivity index (χ0) is 11.7. The van der Waals surface area contributed by atoms with Crippen LogP contribution in [-0.2, 0) is 4.79 Å². The summed E-state index contributed by atoms with van der Waals surface area (Å²) < 4.78 is 0. The minimum absolute atomic E-state index is 0.213. The maximum absolute atomic E-state index is 11.5. The van der Waals surface area contributed by atoms with Gasteiger partial charge in [-0.3, -0.25) is 4.79 Å². The van der Waals surface area contributed by atoms with Crippen molar-refractivity contribution >= 4 is 5.78 Å². The molecular weight excluding hydrogens is 188 g/mol. The molecular formula is C13H26O2. The molecule has 90 valence electrons. The van der Waals surface area contributed by atoms with Gasteiger partial charge in [-0.2, -0.15) is 0 Å². The van der Waals surface area contributed by atoms with E-state index < -0.39 is 5.60 Å². The Morgan fingerprint density at radius 3 is 2.27 bits per heavy atom. The third-order valence-electron chi connectivity index (χ3n) is 2.71. The van der Waals surface area contributed by atoms with Crippen LogP contribution in [0.1, 0.15) is 72.1 Å². The van der Waals surface area contributed by atoms with E-state index in [-0.39, 0.29) is 5.78 Å². The first-order chi connectivity index (χ1) is 7.02. The standard InChI is InChI=1S/C13H26O2/c1-4-6-8-9-12(14)11-13(3,15)10-7-5-2/h15H,4-11H2,1-3H3. The number of unbranched alkanes of at least 4 members (excludes halogenated alkanes) is 3. The third-order valence-corrected chi connectivity index (χ3v) is 2.71. The second-order valence-corrected chi connectivity index (χ2v) is 4.77. The molecule has 2 nitrogen and oxygen atoms in total. The molecule has 0 radical (unpaired) electrons. The van der Waals surface area contributed by atoms with E-state index in [0.717, 1.165) is 38.5 Å². The molecule has 0 aliphatic carbocycles. The van der Waals surface area contributed by atoms with Crippen molar-refractivity contribution in [3.63, 3.8) is 0 Å². The summed E-state index contributed by atoms with van der Waals surface area (Å²) >= 11 is 0. The van der Waals surface area contributed by atoms with Gasteiger partial charge in [0.05, 0.1) is 5.60 Å². The number of ketones is 1. The van der Waals surface area contributed by atoms with Crippen molar-refractivity contribution in [2.45, 2.75) is 77.7 Å². The lowest BCUT2D eigenvalue weighted by Gasteiger charge is -2.22. The molecule has 0 aromatic heterocycles.